The number of benzene rings is 2. The average molecular weight is 467 g/mol. The molecule has 0 spiro atoms. The molecule has 1 fully saturated rings. The lowest BCUT2D eigenvalue weighted by molar-refractivity contribution is -0.124. The van der Waals surface area contributed by atoms with Crippen molar-refractivity contribution in [3.05, 3.63) is 48.0 Å². The molecule has 3 aliphatic rings. The van der Waals surface area contributed by atoms with Crippen molar-refractivity contribution in [2.24, 2.45) is 0 Å². The molecule has 3 aliphatic heterocycles. The Kier molecular flexibility index (Phi) is 5.52. The van der Waals surface area contributed by atoms with Crippen LogP contribution in [-0.2, 0) is 9.59 Å². The van der Waals surface area contributed by atoms with Gasteiger partial charge in [-0.15, -0.1) is 0 Å². The number of carbonyl (C=O) groups is 3. The molecule has 3 amide bonds. The van der Waals surface area contributed by atoms with Gasteiger partial charge in [0.05, 0.1) is 11.3 Å². The summed E-state index contributed by atoms with van der Waals surface area (Å²) in [6, 6.07) is 12.0. The summed E-state index contributed by atoms with van der Waals surface area (Å²) < 4.78 is 16.1. The van der Waals surface area contributed by atoms with Gasteiger partial charge in [0.25, 0.3) is 5.91 Å². The number of hydrogen-bond acceptors (Lipinski definition) is 7. The van der Waals surface area contributed by atoms with Crippen molar-refractivity contribution in [1.82, 2.24) is 10.2 Å². The molecule has 2 N–H and O–H groups in total. The van der Waals surface area contributed by atoms with Crippen LogP contribution >= 0.6 is 0 Å². The first-order valence-corrected chi connectivity index (χ1v) is 11.1. The standard InChI is InChI=1S/C24H25N3O7/c1-24-9-8-22(30)27(24)18-5-3-2-4-17(18)23(31)26(24)12-21(29)25-11-15(28)13-32-16-6-7-19-20(10-16)34-14-33-19/h2-7,10,15,28H,8-9,11-14H2,1H3,(H,25,29). The smallest absolute Gasteiger partial charge is 0.258 e. The predicted molar refractivity (Wildman–Crippen MR) is 120 cm³/mol. The molecule has 5 rings (SSSR count). The second-order valence-electron chi connectivity index (χ2n) is 8.64. The van der Waals surface area contributed by atoms with Crippen molar-refractivity contribution >= 4 is 23.4 Å². The van der Waals surface area contributed by atoms with Gasteiger partial charge in [0.2, 0.25) is 18.6 Å². The van der Waals surface area contributed by atoms with Gasteiger partial charge in [-0.3, -0.25) is 19.3 Å². The summed E-state index contributed by atoms with van der Waals surface area (Å²) in [6.45, 7) is 1.62. The monoisotopic (exact) mass is 467 g/mol. The van der Waals surface area contributed by atoms with Crippen molar-refractivity contribution in [2.75, 3.05) is 31.4 Å². The summed E-state index contributed by atoms with van der Waals surface area (Å²) in [5, 5.41) is 12.9. The molecule has 2 aromatic rings. The summed E-state index contributed by atoms with van der Waals surface area (Å²) in [6.07, 6.45) is -0.232. The van der Waals surface area contributed by atoms with Gasteiger partial charge in [-0.05, 0) is 37.6 Å². The number of aliphatic hydroxyl groups excluding tert-OH is 1. The Morgan fingerprint density at radius 1 is 1.21 bits per heavy atom. The molecule has 0 saturated carbocycles. The zero-order valence-electron chi connectivity index (χ0n) is 18.7. The Hall–Kier alpha value is -3.79. The highest BCUT2D eigenvalue weighted by Gasteiger charge is 2.53. The lowest BCUT2D eigenvalue weighted by Crippen LogP contribution is -2.64. The first-order chi connectivity index (χ1) is 16.4. The van der Waals surface area contributed by atoms with Gasteiger partial charge in [0.1, 0.15) is 30.7 Å². The largest absolute Gasteiger partial charge is 0.491 e. The van der Waals surface area contributed by atoms with Crippen LogP contribution in [0.1, 0.15) is 30.1 Å². The maximum atomic E-state index is 13.2. The molecule has 10 heteroatoms. The molecule has 0 aromatic heterocycles. The van der Waals surface area contributed by atoms with Gasteiger partial charge in [-0.1, -0.05) is 12.1 Å². The number of para-hydroxylation sites is 1. The van der Waals surface area contributed by atoms with Crippen LogP contribution in [0.25, 0.3) is 0 Å². The highest BCUT2D eigenvalue weighted by molar-refractivity contribution is 6.11. The van der Waals surface area contributed by atoms with Gasteiger partial charge in [-0.2, -0.15) is 0 Å². The number of aliphatic hydroxyl groups is 1. The van der Waals surface area contributed by atoms with Crippen molar-refractivity contribution in [3.63, 3.8) is 0 Å². The molecule has 178 valence electrons. The number of fused-ring (bicyclic) bond motifs is 4. The number of hydrogen-bond donors (Lipinski definition) is 2. The molecule has 2 atom stereocenters. The van der Waals surface area contributed by atoms with E-state index in [1.54, 1.807) is 54.3 Å². The van der Waals surface area contributed by atoms with E-state index in [-0.39, 0.29) is 38.3 Å². The van der Waals surface area contributed by atoms with E-state index in [1.165, 1.54) is 4.90 Å². The molecule has 0 radical (unpaired) electrons. The van der Waals surface area contributed by atoms with Gasteiger partial charge < -0.3 is 29.5 Å². The minimum atomic E-state index is -0.965. The van der Waals surface area contributed by atoms with Crippen LogP contribution in [-0.4, -0.2) is 66.0 Å². The number of nitrogens with one attached hydrogen (secondary N) is 1. The maximum absolute atomic E-state index is 13.2. The number of ether oxygens (including phenoxy) is 3. The van der Waals surface area contributed by atoms with Crippen LogP contribution in [0.4, 0.5) is 5.69 Å². The zero-order chi connectivity index (χ0) is 23.9. The first-order valence-electron chi connectivity index (χ1n) is 11.1. The third-order valence-electron chi connectivity index (χ3n) is 6.37. The molecular formula is C24H25N3O7. The summed E-state index contributed by atoms with van der Waals surface area (Å²) in [5.41, 5.74) is 0.0476. The van der Waals surface area contributed by atoms with Crippen molar-refractivity contribution < 1.29 is 33.7 Å². The van der Waals surface area contributed by atoms with E-state index in [4.69, 9.17) is 14.2 Å². The minimum absolute atomic E-state index is 0.0457. The minimum Gasteiger partial charge on any atom is -0.491 e. The second-order valence-corrected chi connectivity index (χ2v) is 8.64. The van der Waals surface area contributed by atoms with Crippen LogP contribution in [0.2, 0.25) is 0 Å². The Balaban J connectivity index is 1.19. The molecule has 10 nitrogen and oxygen atoms in total. The van der Waals surface area contributed by atoms with Crippen LogP contribution in [0.3, 0.4) is 0 Å². The fraction of sp³-hybridized carbons (Fsp3) is 0.375. The predicted octanol–water partition coefficient (Wildman–Crippen LogP) is 1.27. The average Bonchev–Trinajstić information content (AvgIpc) is 3.43. The third kappa shape index (κ3) is 3.79. The van der Waals surface area contributed by atoms with Crippen LogP contribution < -0.4 is 24.4 Å². The molecule has 2 aromatic carbocycles. The van der Waals surface area contributed by atoms with Gasteiger partial charge in [-0.25, -0.2) is 0 Å². The molecule has 1 saturated heterocycles. The second kappa shape index (κ2) is 8.53. The normalized spacial score (nSPS) is 21.2. The van der Waals surface area contributed by atoms with E-state index in [0.717, 1.165) is 0 Å². The number of nitrogens with zero attached hydrogens (tertiary/aromatic N) is 2. The SMILES string of the molecule is CC12CCC(=O)N1c1ccccc1C(=O)N2CC(=O)NCC(O)COc1ccc2c(c1)OCO2. The van der Waals surface area contributed by atoms with Crippen LogP contribution in [0.15, 0.2) is 42.5 Å². The van der Waals surface area contributed by atoms with Crippen molar-refractivity contribution in [1.29, 1.82) is 0 Å². The van der Waals surface area contributed by atoms with Crippen molar-refractivity contribution in [2.45, 2.75) is 31.5 Å². The Labute approximate surface area is 196 Å². The third-order valence-corrected chi connectivity index (χ3v) is 6.37. The van der Waals surface area contributed by atoms with E-state index < -0.39 is 17.7 Å². The summed E-state index contributed by atoms with van der Waals surface area (Å²) >= 11 is 0. The summed E-state index contributed by atoms with van der Waals surface area (Å²) in [7, 11) is 0. The molecule has 34 heavy (non-hydrogen) atoms. The Bertz CT molecular complexity index is 1150. The fourth-order valence-electron chi connectivity index (χ4n) is 4.59. The van der Waals surface area contributed by atoms with E-state index in [9.17, 15) is 19.5 Å². The number of rotatable bonds is 7. The van der Waals surface area contributed by atoms with Crippen LogP contribution in [0, 0.1) is 0 Å². The molecule has 3 heterocycles. The van der Waals surface area contributed by atoms with E-state index in [1.807, 2.05) is 0 Å². The topological polar surface area (TPSA) is 118 Å². The number of amides is 3. The molecular weight excluding hydrogens is 442 g/mol. The molecule has 0 aliphatic carbocycles. The zero-order valence-corrected chi connectivity index (χ0v) is 18.7. The lowest BCUT2D eigenvalue weighted by Gasteiger charge is -2.48. The highest BCUT2D eigenvalue weighted by atomic mass is 16.7. The molecule has 0 bridgehead atoms. The first kappa shape index (κ1) is 22.0. The van der Waals surface area contributed by atoms with Gasteiger partial charge >= 0.3 is 0 Å². The fourth-order valence-corrected chi connectivity index (χ4v) is 4.59. The Morgan fingerprint density at radius 2 is 2.00 bits per heavy atom. The quantitative estimate of drug-likeness (QED) is 0.630. The van der Waals surface area contributed by atoms with Gasteiger partial charge in [0.15, 0.2) is 11.5 Å². The maximum Gasteiger partial charge on any atom is 0.258 e. The van der Waals surface area contributed by atoms with E-state index in [2.05, 4.69) is 5.32 Å². The van der Waals surface area contributed by atoms with Crippen molar-refractivity contribution in [3.8, 4) is 17.2 Å². The molecule has 2 unspecified atom stereocenters. The Morgan fingerprint density at radius 3 is 2.85 bits per heavy atom. The highest BCUT2D eigenvalue weighted by Crippen LogP contribution is 2.43. The summed E-state index contributed by atoms with van der Waals surface area (Å²) in [4.78, 5) is 41.6. The number of carbonyl (C=O) groups excluding carboxylic acids is 3. The van der Waals surface area contributed by atoms with E-state index in [0.29, 0.717) is 41.3 Å². The van der Waals surface area contributed by atoms with E-state index >= 15 is 0 Å². The van der Waals surface area contributed by atoms with Crippen LogP contribution in [0.5, 0.6) is 17.2 Å². The summed E-state index contributed by atoms with van der Waals surface area (Å²) in [5.74, 6) is 0.892. The number of anilines is 1. The van der Waals surface area contributed by atoms with Gasteiger partial charge in [0, 0.05) is 19.0 Å². The lowest BCUT2D eigenvalue weighted by atomic mass is 9.98.